The highest BCUT2D eigenvalue weighted by Crippen LogP contribution is 2.28. The van der Waals surface area contributed by atoms with Gasteiger partial charge in [-0.15, -0.1) is 0 Å². The molecule has 6 heteroatoms. The Morgan fingerprint density at radius 2 is 1.88 bits per heavy atom. The van der Waals surface area contributed by atoms with Gasteiger partial charge >= 0.3 is 0 Å². The van der Waals surface area contributed by atoms with E-state index in [2.05, 4.69) is 22.9 Å². The predicted molar refractivity (Wildman–Crippen MR) is 97.8 cm³/mol. The summed E-state index contributed by atoms with van der Waals surface area (Å²) in [5, 5.41) is 17.2. The number of hydrogen-bond acceptors (Lipinski definition) is 5. The van der Waals surface area contributed by atoms with Crippen molar-refractivity contribution in [3.8, 4) is 0 Å². The average molecular weight is 352 g/mol. The third-order valence-corrected chi connectivity index (χ3v) is 4.29. The number of unbranched alkanes of at least 4 members (excludes halogenated alkanes) is 6. The van der Waals surface area contributed by atoms with Crippen LogP contribution in [-0.4, -0.2) is 46.7 Å². The molecule has 0 spiro atoms. The van der Waals surface area contributed by atoms with E-state index < -0.39 is 6.10 Å². The van der Waals surface area contributed by atoms with Crippen LogP contribution in [0.4, 0.5) is 0 Å². The van der Waals surface area contributed by atoms with Crippen LogP contribution in [0, 0.1) is 0 Å². The minimum Gasteiger partial charge on any atom is -0.483 e. The molecule has 2 N–H and O–H groups in total. The number of hydrogen-bond donors (Lipinski definition) is 2. The molecule has 0 fully saturated rings. The van der Waals surface area contributed by atoms with Crippen LogP contribution in [-0.2, 0) is 4.79 Å². The zero-order chi connectivity index (χ0) is 18.5. The van der Waals surface area contributed by atoms with Gasteiger partial charge in [-0.05, 0) is 18.6 Å². The van der Waals surface area contributed by atoms with Crippen molar-refractivity contribution < 1.29 is 19.4 Å². The first-order valence-corrected chi connectivity index (χ1v) is 9.10. The van der Waals surface area contributed by atoms with E-state index in [1.54, 1.807) is 6.26 Å². The van der Waals surface area contributed by atoms with E-state index in [0.717, 1.165) is 18.9 Å². The lowest BCUT2D eigenvalue weighted by Gasteiger charge is -2.20. The van der Waals surface area contributed by atoms with Crippen molar-refractivity contribution in [1.29, 1.82) is 0 Å². The molecule has 1 aromatic rings. The van der Waals surface area contributed by atoms with Gasteiger partial charge in [0.2, 0.25) is 0 Å². The normalized spacial score (nSPS) is 14.8. The Morgan fingerprint density at radius 1 is 1.24 bits per heavy atom. The second kappa shape index (κ2) is 12.4. The van der Waals surface area contributed by atoms with Gasteiger partial charge in [0.25, 0.3) is 6.47 Å². The Morgan fingerprint density at radius 3 is 2.48 bits per heavy atom. The maximum absolute atomic E-state index is 10.4. The Hall–Kier alpha value is -1.95. The fourth-order valence-corrected chi connectivity index (χ4v) is 2.96. The van der Waals surface area contributed by atoms with Crippen LogP contribution >= 0.6 is 0 Å². The third-order valence-electron chi connectivity index (χ3n) is 4.29. The minimum absolute atomic E-state index is 0.250. The van der Waals surface area contributed by atoms with Gasteiger partial charge < -0.3 is 24.4 Å². The molecule has 6 nitrogen and oxygen atoms in total. The standard InChI is InChI=1S/C18H30N2O2.CH2O2/c1-3-4-5-6-7-8-9-12-20-14-16(19(2)15-20)18(21)17-11-10-13-22-17;2-1-3/h10-11,13-14,18,21H,3-9,12,15H2,1-2H3;1H,(H,2,3). The number of carbonyl (C=O) groups is 1. The first-order valence-electron chi connectivity index (χ1n) is 9.10. The van der Waals surface area contributed by atoms with Crippen molar-refractivity contribution in [2.75, 3.05) is 20.3 Å². The summed E-state index contributed by atoms with van der Waals surface area (Å²) < 4.78 is 5.30. The molecule has 0 aromatic carbocycles. The SMILES string of the molecule is CCCCCCCCCN1C=C(C(O)c2ccco2)N(C)C1.O=CO. The molecular weight excluding hydrogens is 320 g/mol. The lowest BCUT2D eigenvalue weighted by Crippen LogP contribution is -2.25. The molecule has 0 radical (unpaired) electrons. The van der Waals surface area contributed by atoms with Gasteiger partial charge in [-0.2, -0.15) is 0 Å². The molecule has 25 heavy (non-hydrogen) atoms. The summed E-state index contributed by atoms with van der Waals surface area (Å²) in [6, 6.07) is 3.63. The number of rotatable bonds is 10. The van der Waals surface area contributed by atoms with Crippen LogP contribution < -0.4 is 0 Å². The third kappa shape index (κ3) is 7.65. The zero-order valence-electron chi connectivity index (χ0n) is 15.4. The van der Waals surface area contributed by atoms with E-state index in [4.69, 9.17) is 14.3 Å². The maximum Gasteiger partial charge on any atom is 0.290 e. The Labute approximate surface area is 150 Å². The largest absolute Gasteiger partial charge is 0.483 e. The van der Waals surface area contributed by atoms with Gasteiger partial charge in [-0.1, -0.05) is 45.4 Å². The first-order chi connectivity index (χ1) is 12.1. The van der Waals surface area contributed by atoms with Gasteiger partial charge in [0.15, 0.2) is 6.10 Å². The Kier molecular flexibility index (Phi) is 10.5. The van der Waals surface area contributed by atoms with Crippen LogP contribution in [0.15, 0.2) is 34.7 Å². The molecule has 1 unspecified atom stereocenters. The second-order valence-corrected chi connectivity index (χ2v) is 6.35. The molecule has 0 bridgehead atoms. The van der Waals surface area contributed by atoms with Crippen molar-refractivity contribution >= 4 is 6.47 Å². The molecule has 1 aromatic heterocycles. The second-order valence-electron chi connectivity index (χ2n) is 6.35. The summed E-state index contributed by atoms with van der Waals surface area (Å²) in [7, 11) is 2.02. The number of aliphatic hydroxyl groups excluding tert-OH is 1. The van der Waals surface area contributed by atoms with Crippen molar-refractivity contribution in [2.45, 2.75) is 58.0 Å². The van der Waals surface area contributed by atoms with Gasteiger partial charge in [-0.25, -0.2) is 0 Å². The van der Waals surface area contributed by atoms with E-state index in [9.17, 15) is 5.11 Å². The van der Waals surface area contributed by atoms with Gasteiger partial charge in [0, 0.05) is 19.8 Å². The molecule has 0 saturated carbocycles. The van der Waals surface area contributed by atoms with Crippen LogP contribution in [0.3, 0.4) is 0 Å². The average Bonchev–Trinajstić information content (AvgIpc) is 3.24. The number of nitrogens with zero attached hydrogens (tertiary/aromatic N) is 2. The Bertz CT molecular complexity index is 488. The fraction of sp³-hybridized carbons (Fsp3) is 0.632. The maximum atomic E-state index is 10.4. The van der Waals surface area contributed by atoms with Crippen LogP contribution in [0.5, 0.6) is 0 Å². The highest BCUT2D eigenvalue weighted by Gasteiger charge is 2.25. The van der Waals surface area contributed by atoms with Crippen LogP contribution in [0.2, 0.25) is 0 Å². The number of likely N-dealkylation sites (N-methyl/N-ethyl adjacent to an activating group) is 1. The van der Waals surface area contributed by atoms with Crippen molar-refractivity contribution in [3.05, 3.63) is 36.1 Å². The summed E-state index contributed by atoms with van der Waals surface area (Å²) in [4.78, 5) is 12.7. The fourth-order valence-electron chi connectivity index (χ4n) is 2.96. The summed E-state index contributed by atoms with van der Waals surface area (Å²) >= 11 is 0. The summed E-state index contributed by atoms with van der Waals surface area (Å²) in [6.07, 6.45) is 12.3. The molecule has 1 aliphatic heterocycles. The molecule has 142 valence electrons. The van der Waals surface area contributed by atoms with Crippen LogP contribution in [0.25, 0.3) is 0 Å². The molecule has 2 heterocycles. The highest BCUT2D eigenvalue weighted by molar-refractivity contribution is 5.32. The van der Waals surface area contributed by atoms with Gasteiger partial charge in [-0.3, -0.25) is 4.79 Å². The zero-order valence-corrected chi connectivity index (χ0v) is 15.4. The quantitative estimate of drug-likeness (QED) is 0.492. The lowest BCUT2D eigenvalue weighted by atomic mass is 10.1. The molecule has 0 saturated heterocycles. The van der Waals surface area contributed by atoms with E-state index in [1.807, 2.05) is 19.2 Å². The predicted octanol–water partition coefficient (Wildman–Crippen LogP) is 3.81. The van der Waals surface area contributed by atoms with E-state index >= 15 is 0 Å². The van der Waals surface area contributed by atoms with Gasteiger partial charge in [0.05, 0.1) is 18.6 Å². The first kappa shape index (κ1) is 21.1. The molecule has 1 aliphatic rings. The number of aliphatic hydroxyl groups is 1. The Balaban J connectivity index is 0.000000970. The minimum atomic E-state index is -0.668. The van der Waals surface area contributed by atoms with Crippen LogP contribution in [0.1, 0.15) is 63.7 Å². The van der Waals surface area contributed by atoms with E-state index in [0.29, 0.717) is 5.76 Å². The monoisotopic (exact) mass is 352 g/mol. The topological polar surface area (TPSA) is 77.2 Å². The summed E-state index contributed by atoms with van der Waals surface area (Å²) in [5.74, 6) is 0.607. The van der Waals surface area contributed by atoms with E-state index in [-0.39, 0.29) is 6.47 Å². The highest BCUT2D eigenvalue weighted by atomic mass is 16.4. The van der Waals surface area contributed by atoms with Crippen molar-refractivity contribution in [1.82, 2.24) is 9.80 Å². The summed E-state index contributed by atoms with van der Waals surface area (Å²) in [6.45, 7) is 3.92. The van der Waals surface area contributed by atoms with Crippen molar-refractivity contribution in [3.63, 3.8) is 0 Å². The number of carboxylic acid groups (broad SMARTS) is 1. The summed E-state index contributed by atoms with van der Waals surface area (Å²) in [5.41, 5.74) is 0.915. The van der Waals surface area contributed by atoms with Crippen molar-refractivity contribution in [2.24, 2.45) is 0 Å². The van der Waals surface area contributed by atoms with E-state index in [1.165, 1.54) is 44.9 Å². The molecule has 2 rings (SSSR count). The lowest BCUT2D eigenvalue weighted by molar-refractivity contribution is -0.122. The molecule has 0 aliphatic carbocycles. The smallest absolute Gasteiger partial charge is 0.290 e. The van der Waals surface area contributed by atoms with Gasteiger partial charge in [0.1, 0.15) is 5.76 Å². The number of furan rings is 1. The molecule has 1 atom stereocenters. The molecular formula is C19H32N2O4. The molecule has 0 amide bonds.